The van der Waals surface area contributed by atoms with Crippen molar-refractivity contribution in [1.82, 2.24) is 9.88 Å². The third kappa shape index (κ3) is 3.23. The van der Waals surface area contributed by atoms with Crippen molar-refractivity contribution in [3.8, 4) is 5.75 Å². The van der Waals surface area contributed by atoms with Crippen molar-refractivity contribution in [2.75, 3.05) is 19.0 Å². The molecular formula is C20H18FN3O3. The van der Waals surface area contributed by atoms with Crippen LogP contribution in [0, 0.1) is 5.82 Å². The maximum absolute atomic E-state index is 13.6. The molecule has 0 fully saturated rings. The Morgan fingerprint density at radius 1 is 1.19 bits per heavy atom. The molecule has 2 N–H and O–H groups in total. The van der Waals surface area contributed by atoms with Crippen LogP contribution in [0.1, 0.15) is 11.3 Å². The number of aromatic amines is 1. The summed E-state index contributed by atoms with van der Waals surface area (Å²) in [7, 11) is 1.55. The topological polar surface area (TPSA) is 74.4 Å². The molecule has 1 aliphatic rings. The average Bonchev–Trinajstić information content (AvgIpc) is 3.05. The molecule has 1 aromatic heterocycles. The second kappa shape index (κ2) is 6.75. The highest BCUT2D eigenvalue weighted by atomic mass is 19.1. The van der Waals surface area contributed by atoms with Crippen LogP contribution >= 0.6 is 0 Å². The highest BCUT2D eigenvalue weighted by Crippen LogP contribution is 2.28. The molecule has 2 aromatic carbocycles. The van der Waals surface area contributed by atoms with Gasteiger partial charge in [0.2, 0.25) is 0 Å². The first-order valence-corrected chi connectivity index (χ1v) is 8.58. The fourth-order valence-electron chi connectivity index (χ4n) is 3.36. The highest BCUT2D eigenvalue weighted by Gasteiger charge is 2.28. The van der Waals surface area contributed by atoms with Gasteiger partial charge in [-0.05, 0) is 42.5 Å². The largest absolute Gasteiger partial charge is 0.497 e. The van der Waals surface area contributed by atoms with Gasteiger partial charge in [0.1, 0.15) is 11.6 Å². The summed E-state index contributed by atoms with van der Waals surface area (Å²) in [5, 5.41) is 3.35. The number of fused-ring (bicyclic) bond motifs is 3. The van der Waals surface area contributed by atoms with Gasteiger partial charge in [0.25, 0.3) is 0 Å². The van der Waals surface area contributed by atoms with Crippen molar-refractivity contribution < 1.29 is 18.7 Å². The Balaban J connectivity index is 1.50. The average molecular weight is 367 g/mol. The Kier molecular flexibility index (Phi) is 4.27. The summed E-state index contributed by atoms with van der Waals surface area (Å²) in [5.41, 5.74) is 3.19. The van der Waals surface area contributed by atoms with Crippen LogP contribution in [0.3, 0.4) is 0 Å². The number of hydrogen-bond donors (Lipinski definition) is 2. The quantitative estimate of drug-likeness (QED) is 0.684. The number of hydrogen-bond acceptors (Lipinski definition) is 3. The predicted molar refractivity (Wildman–Crippen MR) is 99.0 cm³/mol. The Hall–Kier alpha value is -3.35. The number of anilines is 1. The lowest BCUT2D eigenvalue weighted by Crippen LogP contribution is -2.42. The number of rotatable bonds is 2. The highest BCUT2D eigenvalue weighted by molar-refractivity contribution is 6.39. The van der Waals surface area contributed by atoms with Gasteiger partial charge in [-0.15, -0.1) is 0 Å². The van der Waals surface area contributed by atoms with Crippen molar-refractivity contribution >= 4 is 28.4 Å². The molecule has 3 aromatic rings. The van der Waals surface area contributed by atoms with E-state index in [4.69, 9.17) is 4.74 Å². The van der Waals surface area contributed by atoms with Crippen molar-refractivity contribution in [1.29, 1.82) is 0 Å². The third-order valence-electron chi connectivity index (χ3n) is 4.77. The van der Waals surface area contributed by atoms with E-state index in [0.717, 1.165) is 22.2 Å². The normalized spacial score (nSPS) is 13.3. The van der Waals surface area contributed by atoms with Crippen LogP contribution in [0.2, 0.25) is 0 Å². The molecule has 0 atom stereocenters. The minimum atomic E-state index is -0.699. The Labute approximate surface area is 154 Å². The zero-order valence-electron chi connectivity index (χ0n) is 14.7. The van der Waals surface area contributed by atoms with Crippen molar-refractivity contribution in [3.05, 3.63) is 59.5 Å². The van der Waals surface area contributed by atoms with E-state index in [2.05, 4.69) is 10.3 Å². The molecule has 0 spiro atoms. The van der Waals surface area contributed by atoms with Gasteiger partial charge in [-0.1, -0.05) is 0 Å². The molecule has 2 amide bonds. The molecule has 0 saturated carbocycles. The maximum Gasteiger partial charge on any atom is 0.313 e. The Morgan fingerprint density at radius 3 is 2.70 bits per heavy atom. The number of H-pyrrole nitrogens is 1. The fourth-order valence-corrected chi connectivity index (χ4v) is 3.36. The summed E-state index contributed by atoms with van der Waals surface area (Å²) in [6, 6.07) is 11.3. The number of amides is 2. The second-order valence-electron chi connectivity index (χ2n) is 6.43. The summed E-state index contributed by atoms with van der Waals surface area (Å²) in [5.74, 6) is -0.976. The summed E-state index contributed by atoms with van der Waals surface area (Å²) in [4.78, 5) is 29.6. The van der Waals surface area contributed by atoms with Crippen molar-refractivity contribution in [2.24, 2.45) is 0 Å². The number of nitrogens with zero attached hydrogens (tertiary/aromatic N) is 1. The number of halogens is 1. The van der Waals surface area contributed by atoms with E-state index in [9.17, 15) is 14.0 Å². The van der Waals surface area contributed by atoms with Gasteiger partial charge in [-0.2, -0.15) is 0 Å². The zero-order chi connectivity index (χ0) is 19.0. The molecule has 4 rings (SSSR count). The lowest BCUT2D eigenvalue weighted by atomic mass is 10.0. The second-order valence-corrected chi connectivity index (χ2v) is 6.43. The zero-order valence-corrected chi connectivity index (χ0v) is 14.7. The van der Waals surface area contributed by atoms with Crippen LogP contribution in [0.15, 0.2) is 42.5 Å². The summed E-state index contributed by atoms with van der Waals surface area (Å²) in [6.07, 6.45) is 0.590. The van der Waals surface area contributed by atoms with E-state index in [0.29, 0.717) is 24.4 Å². The third-order valence-corrected chi connectivity index (χ3v) is 4.77. The van der Waals surface area contributed by atoms with E-state index in [1.54, 1.807) is 37.4 Å². The van der Waals surface area contributed by atoms with E-state index in [1.165, 1.54) is 17.0 Å². The molecule has 0 saturated heterocycles. The number of nitrogens with one attached hydrogen (secondary N) is 2. The molecule has 7 heteroatoms. The van der Waals surface area contributed by atoms with Gasteiger partial charge >= 0.3 is 11.8 Å². The standard InChI is InChI=1S/C20H18FN3O3/c1-27-14-5-3-13(4-6-14)22-19(25)20(26)24-9-8-18-16(11-24)15-10-12(21)2-7-17(15)23-18/h2-7,10,23H,8-9,11H2,1H3,(H,22,25). The number of aromatic nitrogens is 1. The van der Waals surface area contributed by atoms with E-state index in [1.807, 2.05) is 0 Å². The van der Waals surface area contributed by atoms with Crippen LogP contribution in [0.4, 0.5) is 10.1 Å². The lowest BCUT2D eigenvalue weighted by Gasteiger charge is -2.26. The number of carbonyl (C=O) groups is 2. The van der Waals surface area contributed by atoms with Crippen molar-refractivity contribution in [3.63, 3.8) is 0 Å². The van der Waals surface area contributed by atoms with Crippen LogP contribution in [-0.4, -0.2) is 35.4 Å². The van der Waals surface area contributed by atoms with Crippen LogP contribution < -0.4 is 10.1 Å². The molecule has 6 nitrogen and oxygen atoms in total. The first kappa shape index (κ1) is 17.1. The Bertz CT molecular complexity index is 1030. The van der Waals surface area contributed by atoms with Gasteiger partial charge in [-0.25, -0.2) is 4.39 Å². The number of carbonyl (C=O) groups excluding carboxylic acids is 2. The molecular weight excluding hydrogens is 349 g/mol. The van der Waals surface area contributed by atoms with Crippen LogP contribution in [0.5, 0.6) is 5.75 Å². The van der Waals surface area contributed by atoms with Crippen LogP contribution in [0.25, 0.3) is 10.9 Å². The number of benzene rings is 2. The summed E-state index contributed by atoms with van der Waals surface area (Å²) in [6.45, 7) is 0.699. The monoisotopic (exact) mass is 367 g/mol. The molecule has 0 aliphatic carbocycles. The number of ether oxygens (including phenoxy) is 1. The maximum atomic E-state index is 13.6. The van der Waals surface area contributed by atoms with E-state index < -0.39 is 11.8 Å². The van der Waals surface area contributed by atoms with Gasteiger partial charge in [0.05, 0.1) is 7.11 Å². The summed E-state index contributed by atoms with van der Waals surface area (Å²) < 4.78 is 18.7. The van der Waals surface area contributed by atoms with E-state index >= 15 is 0 Å². The molecule has 0 bridgehead atoms. The molecule has 0 radical (unpaired) electrons. The van der Waals surface area contributed by atoms with Crippen molar-refractivity contribution in [2.45, 2.75) is 13.0 Å². The fraction of sp³-hybridized carbons (Fsp3) is 0.200. The van der Waals surface area contributed by atoms with Crippen LogP contribution in [-0.2, 0) is 22.6 Å². The minimum Gasteiger partial charge on any atom is -0.497 e. The SMILES string of the molecule is COc1ccc(NC(=O)C(=O)N2CCc3[nH]c4ccc(F)cc4c3C2)cc1. The molecule has 0 unspecified atom stereocenters. The van der Waals surface area contributed by atoms with Gasteiger partial charge in [0.15, 0.2) is 0 Å². The molecule has 27 heavy (non-hydrogen) atoms. The van der Waals surface area contributed by atoms with Gasteiger partial charge in [0, 0.05) is 47.4 Å². The lowest BCUT2D eigenvalue weighted by molar-refractivity contribution is -0.143. The molecule has 1 aliphatic heterocycles. The summed E-state index contributed by atoms with van der Waals surface area (Å²) >= 11 is 0. The number of methoxy groups -OCH3 is 1. The van der Waals surface area contributed by atoms with Gasteiger partial charge in [-0.3, -0.25) is 9.59 Å². The molecule has 138 valence electrons. The molecule has 2 heterocycles. The van der Waals surface area contributed by atoms with E-state index in [-0.39, 0.29) is 12.4 Å². The first-order chi connectivity index (χ1) is 13.0. The minimum absolute atomic E-state index is 0.271. The smallest absolute Gasteiger partial charge is 0.313 e. The predicted octanol–water partition coefficient (Wildman–Crippen LogP) is 2.84. The van der Waals surface area contributed by atoms with Gasteiger partial charge < -0.3 is 19.9 Å². The first-order valence-electron chi connectivity index (χ1n) is 8.58. The Morgan fingerprint density at radius 2 is 1.96 bits per heavy atom.